The first kappa shape index (κ1) is 11.5. The van der Waals surface area contributed by atoms with E-state index >= 15 is 0 Å². The molecule has 0 unspecified atom stereocenters. The van der Waals surface area contributed by atoms with Gasteiger partial charge in [-0.1, -0.05) is 17.7 Å². The Kier molecular flexibility index (Phi) is 3.28. The first-order valence-electron chi connectivity index (χ1n) is 5.48. The van der Waals surface area contributed by atoms with Crippen molar-refractivity contribution in [3.05, 3.63) is 64.1 Å². The fraction of sp³-hybridized carbons (Fsp3) is 0.214. The molecule has 0 saturated carbocycles. The zero-order chi connectivity index (χ0) is 12.3. The van der Waals surface area contributed by atoms with Crippen LogP contribution in [0, 0.1) is 6.92 Å². The lowest BCUT2D eigenvalue weighted by molar-refractivity contribution is 0.408. The molecular formula is C14H15NO2. The maximum atomic E-state index is 11.0. The second kappa shape index (κ2) is 4.87. The summed E-state index contributed by atoms with van der Waals surface area (Å²) in [5, 5.41) is 0. The summed E-state index contributed by atoms with van der Waals surface area (Å²) in [6.07, 6.45) is 3.56. The molecule has 1 aromatic heterocycles. The molecule has 0 saturated heterocycles. The van der Waals surface area contributed by atoms with Crippen LogP contribution in [0.4, 0.5) is 0 Å². The van der Waals surface area contributed by atoms with Gasteiger partial charge in [-0.25, -0.2) is 0 Å². The summed E-state index contributed by atoms with van der Waals surface area (Å²) in [5.74, 6) is 0.870. The number of aryl methyl sites for hydroxylation is 1. The highest BCUT2D eigenvalue weighted by Gasteiger charge is 2.03. The molecule has 0 fully saturated rings. The van der Waals surface area contributed by atoms with E-state index < -0.39 is 0 Å². The van der Waals surface area contributed by atoms with E-state index in [4.69, 9.17) is 4.74 Å². The third-order valence-electron chi connectivity index (χ3n) is 2.65. The van der Waals surface area contributed by atoms with Crippen LogP contribution in [-0.2, 0) is 6.54 Å². The third kappa shape index (κ3) is 2.75. The molecule has 3 nitrogen and oxygen atoms in total. The van der Waals surface area contributed by atoms with Gasteiger partial charge in [0.05, 0.1) is 13.7 Å². The molecule has 0 bridgehead atoms. The van der Waals surface area contributed by atoms with Crippen molar-refractivity contribution in [3.63, 3.8) is 0 Å². The predicted octanol–water partition coefficient (Wildman–Crippen LogP) is 2.21. The van der Waals surface area contributed by atoms with Crippen LogP contribution < -0.4 is 10.2 Å². The van der Waals surface area contributed by atoms with Gasteiger partial charge in [0.2, 0.25) is 0 Å². The Balaban J connectivity index is 2.31. The van der Waals surface area contributed by atoms with Crippen molar-refractivity contribution in [3.8, 4) is 5.75 Å². The second-order valence-corrected chi connectivity index (χ2v) is 4.02. The number of benzene rings is 1. The van der Waals surface area contributed by atoms with E-state index in [-0.39, 0.29) is 5.43 Å². The standard InChI is InChI=1S/C14H15NO2/c1-11-3-4-14(17-2)12(9-11)10-15-7-5-13(16)6-8-15/h3-9H,10H2,1-2H3. The van der Waals surface area contributed by atoms with Crippen molar-refractivity contribution in [2.24, 2.45) is 0 Å². The first-order valence-corrected chi connectivity index (χ1v) is 5.48. The van der Waals surface area contributed by atoms with Crippen LogP contribution >= 0.6 is 0 Å². The number of hydrogen-bond acceptors (Lipinski definition) is 2. The molecule has 2 rings (SSSR count). The predicted molar refractivity (Wildman–Crippen MR) is 67.5 cm³/mol. The van der Waals surface area contributed by atoms with E-state index in [1.54, 1.807) is 31.6 Å². The molecule has 0 N–H and O–H groups in total. The van der Waals surface area contributed by atoms with Gasteiger partial charge < -0.3 is 9.30 Å². The minimum Gasteiger partial charge on any atom is -0.496 e. The molecule has 2 aromatic rings. The quantitative estimate of drug-likeness (QED) is 0.808. The minimum absolute atomic E-state index is 0.0254. The van der Waals surface area contributed by atoms with Crippen molar-refractivity contribution in [1.82, 2.24) is 4.57 Å². The topological polar surface area (TPSA) is 31.2 Å². The minimum atomic E-state index is 0.0254. The summed E-state index contributed by atoms with van der Waals surface area (Å²) >= 11 is 0. The Bertz CT molecular complexity index is 552. The summed E-state index contributed by atoms with van der Waals surface area (Å²) in [4.78, 5) is 11.0. The molecule has 0 amide bonds. The van der Waals surface area contributed by atoms with Crippen molar-refractivity contribution in [2.45, 2.75) is 13.5 Å². The van der Waals surface area contributed by atoms with Crippen LogP contribution in [0.1, 0.15) is 11.1 Å². The van der Waals surface area contributed by atoms with Gasteiger partial charge in [0.15, 0.2) is 5.43 Å². The average molecular weight is 229 g/mol. The molecular weight excluding hydrogens is 214 g/mol. The number of rotatable bonds is 3. The van der Waals surface area contributed by atoms with Crippen molar-refractivity contribution < 1.29 is 4.74 Å². The Morgan fingerprint density at radius 1 is 1.18 bits per heavy atom. The van der Waals surface area contributed by atoms with Crippen LogP contribution in [0.15, 0.2) is 47.5 Å². The summed E-state index contributed by atoms with van der Waals surface area (Å²) < 4.78 is 7.28. The Hall–Kier alpha value is -2.03. The number of nitrogens with zero attached hydrogens (tertiary/aromatic N) is 1. The number of pyridine rings is 1. The summed E-state index contributed by atoms with van der Waals surface area (Å²) in [6.45, 7) is 2.75. The van der Waals surface area contributed by atoms with Gasteiger partial charge in [-0.2, -0.15) is 0 Å². The average Bonchev–Trinajstić information content (AvgIpc) is 2.32. The molecule has 0 radical (unpaired) electrons. The number of hydrogen-bond donors (Lipinski definition) is 0. The van der Waals surface area contributed by atoms with Gasteiger partial charge in [-0.15, -0.1) is 0 Å². The van der Waals surface area contributed by atoms with E-state index in [0.717, 1.165) is 11.3 Å². The smallest absolute Gasteiger partial charge is 0.181 e. The fourth-order valence-corrected chi connectivity index (χ4v) is 1.78. The molecule has 88 valence electrons. The summed E-state index contributed by atoms with van der Waals surface area (Å²) in [5.41, 5.74) is 2.33. The molecule has 0 aliphatic carbocycles. The molecule has 3 heteroatoms. The maximum absolute atomic E-state index is 11.0. The molecule has 0 atom stereocenters. The molecule has 1 heterocycles. The highest BCUT2D eigenvalue weighted by Crippen LogP contribution is 2.20. The van der Waals surface area contributed by atoms with Gasteiger partial charge >= 0.3 is 0 Å². The maximum Gasteiger partial charge on any atom is 0.181 e. The first-order chi connectivity index (χ1) is 8.19. The van der Waals surface area contributed by atoms with Crippen LogP contribution in [0.5, 0.6) is 5.75 Å². The Morgan fingerprint density at radius 2 is 1.88 bits per heavy atom. The van der Waals surface area contributed by atoms with Gasteiger partial charge in [-0.05, 0) is 13.0 Å². The van der Waals surface area contributed by atoms with Crippen molar-refractivity contribution in [2.75, 3.05) is 7.11 Å². The fourth-order valence-electron chi connectivity index (χ4n) is 1.78. The zero-order valence-electron chi connectivity index (χ0n) is 10.0. The van der Waals surface area contributed by atoms with Crippen LogP contribution in [0.3, 0.4) is 0 Å². The molecule has 1 aromatic carbocycles. The van der Waals surface area contributed by atoms with Crippen molar-refractivity contribution in [1.29, 1.82) is 0 Å². The zero-order valence-corrected chi connectivity index (χ0v) is 10.0. The van der Waals surface area contributed by atoms with Crippen LogP contribution in [-0.4, -0.2) is 11.7 Å². The Morgan fingerprint density at radius 3 is 2.53 bits per heavy atom. The number of ether oxygens (including phenoxy) is 1. The Labute approximate surface area is 100 Å². The highest BCUT2D eigenvalue weighted by molar-refractivity contribution is 5.37. The van der Waals surface area contributed by atoms with E-state index in [1.807, 2.05) is 23.6 Å². The van der Waals surface area contributed by atoms with Gasteiger partial charge in [-0.3, -0.25) is 4.79 Å². The van der Waals surface area contributed by atoms with E-state index in [1.165, 1.54) is 5.56 Å². The van der Waals surface area contributed by atoms with E-state index in [2.05, 4.69) is 6.07 Å². The van der Waals surface area contributed by atoms with Gasteiger partial charge in [0.25, 0.3) is 0 Å². The molecule has 0 aliphatic rings. The largest absolute Gasteiger partial charge is 0.496 e. The SMILES string of the molecule is COc1ccc(C)cc1Cn1ccc(=O)cc1. The molecule has 0 spiro atoms. The summed E-state index contributed by atoms with van der Waals surface area (Å²) in [6, 6.07) is 9.20. The monoisotopic (exact) mass is 229 g/mol. The second-order valence-electron chi connectivity index (χ2n) is 4.02. The lowest BCUT2D eigenvalue weighted by Gasteiger charge is -2.11. The van der Waals surface area contributed by atoms with Crippen LogP contribution in [0.25, 0.3) is 0 Å². The lowest BCUT2D eigenvalue weighted by atomic mass is 10.1. The molecule has 17 heavy (non-hydrogen) atoms. The van der Waals surface area contributed by atoms with E-state index in [0.29, 0.717) is 6.54 Å². The van der Waals surface area contributed by atoms with Crippen LogP contribution in [0.2, 0.25) is 0 Å². The van der Waals surface area contributed by atoms with Gasteiger partial charge in [0, 0.05) is 30.1 Å². The third-order valence-corrected chi connectivity index (χ3v) is 2.65. The molecule has 0 aliphatic heterocycles. The number of aromatic nitrogens is 1. The lowest BCUT2D eigenvalue weighted by Crippen LogP contribution is -2.05. The van der Waals surface area contributed by atoms with Gasteiger partial charge in [0.1, 0.15) is 5.75 Å². The normalized spacial score (nSPS) is 10.2. The van der Waals surface area contributed by atoms with E-state index in [9.17, 15) is 4.79 Å². The van der Waals surface area contributed by atoms with Crippen molar-refractivity contribution >= 4 is 0 Å². The number of methoxy groups -OCH3 is 1. The highest BCUT2D eigenvalue weighted by atomic mass is 16.5. The summed E-state index contributed by atoms with van der Waals surface area (Å²) in [7, 11) is 1.67.